The minimum atomic E-state index is -0.0330. The molecule has 0 saturated heterocycles. The number of rotatable bonds is 1. The highest BCUT2D eigenvalue weighted by atomic mass is 19.1. The molecule has 0 aliphatic heterocycles. The third-order valence-electron chi connectivity index (χ3n) is 2.78. The van der Waals surface area contributed by atoms with Gasteiger partial charge in [0.25, 0.3) is 0 Å². The van der Waals surface area contributed by atoms with Crippen molar-refractivity contribution in [3.05, 3.63) is 42.1 Å². The summed E-state index contributed by atoms with van der Waals surface area (Å²) in [5, 5.41) is 0. The maximum atomic E-state index is 13.4. The van der Waals surface area contributed by atoms with Crippen LogP contribution in [0.5, 0.6) is 0 Å². The molecule has 1 fully saturated rings. The number of hydrogen-bond acceptors (Lipinski definition) is 0. The molecule has 13 heavy (non-hydrogen) atoms. The first-order chi connectivity index (χ1) is 6.38. The zero-order valence-corrected chi connectivity index (χ0v) is 7.67. The fraction of sp³-hybridized carbons (Fsp3) is 0.417. The zero-order valence-electron chi connectivity index (χ0n) is 7.67. The topological polar surface area (TPSA) is 0 Å². The van der Waals surface area contributed by atoms with Crippen LogP contribution in [-0.2, 0) is 0 Å². The summed E-state index contributed by atoms with van der Waals surface area (Å²) in [6.45, 7) is 0. The van der Waals surface area contributed by atoms with Gasteiger partial charge in [0, 0.05) is 0 Å². The summed E-state index contributed by atoms with van der Waals surface area (Å²) in [5.74, 6) is 0.417. The maximum absolute atomic E-state index is 13.4. The highest BCUT2D eigenvalue weighted by Crippen LogP contribution is 2.33. The van der Waals surface area contributed by atoms with Gasteiger partial charge in [-0.1, -0.05) is 18.2 Å². The summed E-state index contributed by atoms with van der Waals surface area (Å²) in [6, 6.07) is 7.17. The van der Waals surface area contributed by atoms with Gasteiger partial charge >= 0.3 is 0 Å². The molecule has 0 bridgehead atoms. The van der Waals surface area contributed by atoms with Crippen LogP contribution in [0.1, 0.15) is 37.2 Å². The molecule has 1 saturated carbocycles. The van der Waals surface area contributed by atoms with Gasteiger partial charge in [-0.15, -0.1) is 0 Å². The zero-order chi connectivity index (χ0) is 9.10. The van der Waals surface area contributed by atoms with Crippen molar-refractivity contribution in [3.8, 4) is 0 Å². The quantitative estimate of drug-likeness (QED) is 0.613. The first-order valence-electron chi connectivity index (χ1n) is 4.94. The van der Waals surface area contributed by atoms with E-state index in [-0.39, 0.29) is 5.82 Å². The summed E-state index contributed by atoms with van der Waals surface area (Å²) < 4.78 is 13.4. The summed E-state index contributed by atoms with van der Waals surface area (Å²) in [5.41, 5.74) is 0.913. The molecular formula is C12H14F. The Labute approximate surface area is 78.8 Å². The van der Waals surface area contributed by atoms with Crippen molar-refractivity contribution in [1.29, 1.82) is 0 Å². The lowest BCUT2D eigenvalue weighted by molar-refractivity contribution is 0.485. The van der Waals surface area contributed by atoms with Crippen molar-refractivity contribution in [3.63, 3.8) is 0 Å². The molecular weight excluding hydrogens is 163 g/mol. The van der Waals surface area contributed by atoms with E-state index >= 15 is 0 Å². The van der Waals surface area contributed by atoms with Crippen molar-refractivity contribution >= 4 is 0 Å². The minimum absolute atomic E-state index is 0.0330. The molecule has 0 aromatic heterocycles. The average molecular weight is 177 g/mol. The second-order valence-electron chi connectivity index (χ2n) is 3.66. The molecule has 1 aromatic carbocycles. The van der Waals surface area contributed by atoms with E-state index in [0.29, 0.717) is 5.92 Å². The van der Waals surface area contributed by atoms with Crippen molar-refractivity contribution in [2.24, 2.45) is 0 Å². The Balaban J connectivity index is 2.18. The number of hydrogen-bond donors (Lipinski definition) is 0. The predicted molar refractivity (Wildman–Crippen MR) is 51.9 cm³/mol. The van der Waals surface area contributed by atoms with Crippen molar-refractivity contribution in [2.75, 3.05) is 0 Å². The molecule has 0 spiro atoms. The molecule has 0 N–H and O–H groups in total. The molecule has 1 heteroatoms. The highest BCUT2D eigenvalue weighted by Gasteiger charge is 2.17. The van der Waals surface area contributed by atoms with Gasteiger partial charge in [0.15, 0.2) is 0 Å². The van der Waals surface area contributed by atoms with Crippen molar-refractivity contribution < 1.29 is 4.39 Å². The molecule has 0 atom stereocenters. The van der Waals surface area contributed by atoms with Crippen LogP contribution < -0.4 is 0 Å². The Morgan fingerprint density at radius 2 is 1.77 bits per heavy atom. The van der Waals surface area contributed by atoms with Crippen LogP contribution >= 0.6 is 0 Å². The van der Waals surface area contributed by atoms with Crippen LogP contribution in [0.15, 0.2) is 24.3 Å². The lowest BCUT2D eigenvalue weighted by Gasteiger charge is -2.21. The van der Waals surface area contributed by atoms with Gasteiger partial charge in [0.2, 0.25) is 0 Å². The Hall–Kier alpha value is -0.850. The van der Waals surface area contributed by atoms with E-state index in [1.54, 1.807) is 12.1 Å². The van der Waals surface area contributed by atoms with Crippen molar-refractivity contribution in [1.82, 2.24) is 0 Å². The van der Waals surface area contributed by atoms with Crippen LogP contribution in [0.25, 0.3) is 0 Å². The van der Waals surface area contributed by atoms with E-state index in [1.165, 1.54) is 0 Å². The molecule has 1 aliphatic rings. The third kappa shape index (κ3) is 1.90. The lowest BCUT2D eigenvalue weighted by Crippen LogP contribution is -2.06. The summed E-state index contributed by atoms with van der Waals surface area (Å²) in [7, 11) is 0. The van der Waals surface area contributed by atoms with Gasteiger partial charge in [-0.25, -0.2) is 4.39 Å². The smallest absolute Gasteiger partial charge is 0.126 e. The molecule has 69 valence electrons. The lowest BCUT2D eigenvalue weighted by atomic mass is 9.84. The van der Waals surface area contributed by atoms with E-state index in [1.807, 2.05) is 12.1 Å². The van der Waals surface area contributed by atoms with Crippen LogP contribution in [0.2, 0.25) is 0 Å². The molecule has 1 radical (unpaired) electrons. The number of halogens is 1. The normalized spacial score (nSPS) is 18.8. The van der Waals surface area contributed by atoms with E-state index in [2.05, 4.69) is 6.42 Å². The van der Waals surface area contributed by atoms with E-state index in [4.69, 9.17) is 0 Å². The first kappa shape index (κ1) is 8.74. The van der Waals surface area contributed by atoms with E-state index in [0.717, 1.165) is 31.2 Å². The van der Waals surface area contributed by atoms with Crippen LogP contribution in [0.3, 0.4) is 0 Å². The molecule has 2 rings (SSSR count). The van der Waals surface area contributed by atoms with E-state index < -0.39 is 0 Å². The van der Waals surface area contributed by atoms with Crippen LogP contribution in [0.4, 0.5) is 4.39 Å². The molecule has 0 amide bonds. The summed E-state index contributed by atoms with van der Waals surface area (Å²) >= 11 is 0. The second-order valence-corrected chi connectivity index (χ2v) is 3.66. The Bertz CT molecular complexity index is 274. The second kappa shape index (κ2) is 3.91. The molecule has 0 heterocycles. The highest BCUT2D eigenvalue weighted by molar-refractivity contribution is 5.22. The van der Waals surface area contributed by atoms with Crippen molar-refractivity contribution in [2.45, 2.75) is 31.6 Å². The van der Waals surface area contributed by atoms with Gasteiger partial charge in [0.1, 0.15) is 5.82 Å². The summed E-state index contributed by atoms with van der Waals surface area (Å²) in [6.07, 6.45) is 6.80. The maximum Gasteiger partial charge on any atom is 0.126 e. The monoisotopic (exact) mass is 177 g/mol. The Kier molecular flexibility index (Phi) is 2.62. The fourth-order valence-corrected chi connectivity index (χ4v) is 2.04. The van der Waals surface area contributed by atoms with Gasteiger partial charge in [-0.2, -0.15) is 0 Å². The molecule has 1 aromatic rings. The Morgan fingerprint density at radius 3 is 2.46 bits per heavy atom. The van der Waals surface area contributed by atoms with Gasteiger partial charge in [0.05, 0.1) is 0 Å². The molecule has 1 aliphatic carbocycles. The standard InChI is InChI=1S/C12H14F/c13-12-9-5-4-8-11(12)10-6-2-1-3-7-10/h1,4-5,8-10H,2-3,6-7H2. The largest absolute Gasteiger partial charge is 0.207 e. The minimum Gasteiger partial charge on any atom is -0.207 e. The van der Waals surface area contributed by atoms with Crippen LogP contribution in [-0.4, -0.2) is 0 Å². The van der Waals surface area contributed by atoms with E-state index in [9.17, 15) is 4.39 Å². The average Bonchev–Trinajstić information content (AvgIpc) is 2.20. The molecule has 0 nitrogen and oxygen atoms in total. The van der Waals surface area contributed by atoms with Crippen LogP contribution in [0, 0.1) is 12.2 Å². The van der Waals surface area contributed by atoms with Gasteiger partial charge in [-0.3, -0.25) is 0 Å². The predicted octanol–water partition coefficient (Wildman–Crippen LogP) is 3.69. The third-order valence-corrected chi connectivity index (χ3v) is 2.78. The molecule has 0 unspecified atom stereocenters. The number of benzene rings is 1. The first-order valence-corrected chi connectivity index (χ1v) is 4.94. The summed E-state index contributed by atoms with van der Waals surface area (Å²) in [4.78, 5) is 0. The van der Waals surface area contributed by atoms with Gasteiger partial charge in [-0.05, 0) is 49.7 Å². The Morgan fingerprint density at radius 1 is 1.08 bits per heavy atom. The van der Waals surface area contributed by atoms with Gasteiger partial charge < -0.3 is 0 Å². The SMILES string of the molecule is Fc1ccccc1C1CC[CH]CC1. The fourth-order valence-electron chi connectivity index (χ4n) is 2.04.